The molecule has 0 aromatic heterocycles. The van der Waals surface area contributed by atoms with E-state index in [4.69, 9.17) is 11.2 Å². The fourth-order valence-corrected chi connectivity index (χ4v) is 6.66. The molecule has 0 N–H and O–H groups in total. The van der Waals surface area contributed by atoms with Crippen molar-refractivity contribution in [1.82, 2.24) is 0 Å². The number of halogens is 1. The zero-order valence-electron chi connectivity index (χ0n) is 22.2. The first-order valence-corrected chi connectivity index (χ1v) is 16.6. The second kappa shape index (κ2) is 19.4. The van der Waals surface area contributed by atoms with Crippen LogP contribution in [-0.4, -0.2) is 0 Å². The van der Waals surface area contributed by atoms with Crippen molar-refractivity contribution in [2.24, 2.45) is 0 Å². The highest BCUT2D eigenvalue weighted by Gasteiger charge is 2.12. The quantitative estimate of drug-likeness (QED) is 0.125. The van der Waals surface area contributed by atoms with Crippen LogP contribution in [0.1, 0.15) is 128 Å². The highest BCUT2D eigenvalue weighted by Crippen LogP contribution is 2.39. The summed E-state index contributed by atoms with van der Waals surface area (Å²) in [5.41, 5.74) is 2.90. The topological polar surface area (TPSA) is 0 Å². The molecule has 190 valence electrons. The van der Waals surface area contributed by atoms with Crippen molar-refractivity contribution in [3.05, 3.63) is 59.7 Å². The molecule has 0 spiro atoms. The van der Waals surface area contributed by atoms with Gasteiger partial charge in [-0.25, -0.2) is 0 Å². The second-order valence-corrected chi connectivity index (χ2v) is 12.7. The Morgan fingerprint density at radius 1 is 0.500 bits per heavy atom. The third-order valence-corrected chi connectivity index (χ3v) is 9.55. The lowest BCUT2D eigenvalue weighted by Crippen LogP contribution is -2.09. The smallest absolute Gasteiger partial charge is 0.0524 e. The lowest BCUT2D eigenvalue weighted by Gasteiger charge is -2.13. The molecular formula is C32H50ClP. The van der Waals surface area contributed by atoms with E-state index in [0.717, 1.165) is 0 Å². The summed E-state index contributed by atoms with van der Waals surface area (Å²) in [5.74, 6) is 0. The third kappa shape index (κ3) is 12.7. The Morgan fingerprint density at radius 3 is 1.24 bits per heavy atom. The van der Waals surface area contributed by atoms with Crippen molar-refractivity contribution in [2.75, 3.05) is 0 Å². The van der Waals surface area contributed by atoms with Crippen molar-refractivity contribution < 1.29 is 0 Å². The predicted molar refractivity (Wildman–Crippen MR) is 158 cm³/mol. The molecule has 0 unspecified atom stereocenters. The van der Waals surface area contributed by atoms with Gasteiger partial charge in [0.15, 0.2) is 0 Å². The first-order chi connectivity index (χ1) is 16.7. The molecule has 2 aromatic carbocycles. The monoisotopic (exact) mass is 500 g/mol. The number of hydrogen-bond donors (Lipinski definition) is 0. The summed E-state index contributed by atoms with van der Waals surface area (Å²) in [6, 6.07) is 18.2. The number of hydrogen-bond acceptors (Lipinski definition) is 0. The maximum atomic E-state index is 7.03. The van der Waals surface area contributed by atoms with E-state index in [2.05, 4.69) is 62.4 Å². The minimum atomic E-state index is -0.792. The number of rotatable bonds is 20. The maximum Gasteiger partial charge on any atom is 0.0524 e. The first kappa shape index (κ1) is 29.4. The molecule has 0 saturated carbocycles. The highest BCUT2D eigenvalue weighted by molar-refractivity contribution is 7.95. The molecule has 0 nitrogen and oxygen atoms in total. The maximum absolute atomic E-state index is 7.03. The van der Waals surface area contributed by atoms with Gasteiger partial charge in [0.1, 0.15) is 0 Å². The van der Waals surface area contributed by atoms with Crippen LogP contribution >= 0.6 is 18.5 Å². The second-order valence-electron chi connectivity index (χ2n) is 10.1. The van der Waals surface area contributed by atoms with Crippen LogP contribution in [0.25, 0.3) is 0 Å². The van der Waals surface area contributed by atoms with E-state index in [-0.39, 0.29) is 0 Å². The summed E-state index contributed by atoms with van der Waals surface area (Å²) >= 11 is 7.03. The zero-order valence-corrected chi connectivity index (χ0v) is 23.8. The molecule has 0 saturated heterocycles. The molecule has 0 fully saturated rings. The van der Waals surface area contributed by atoms with Crippen LogP contribution in [0.2, 0.25) is 0 Å². The average Bonchev–Trinajstić information content (AvgIpc) is 2.87. The van der Waals surface area contributed by atoms with Gasteiger partial charge < -0.3 is 0 Å². The summed E-state index contributed by atoms with van der Waals surface area (Å²) in [4.78, 5) is 0. The van der Waals surface area contributed by atoms with Gasteiger partial charge in [-0.2, -0.15) is 0 Å². The van der Waals surface area contributed by atoms with Gasteiger partial charge in [0.05, 0.1) is 7.27 Å². The standard InChI is InChI=1S/C32H50ClP/c1-3-5-7-9-11-13-15-17-21-29-23-19-25-31(27-29)34(33)32-26-20-24-30(28-32)22-18-16-14-12-10-8-6-4-2/h19-20,23-28H,3-18,21-22H2,1-2H3. The average molecular weight is 501 g/mol. The summed E-state index contributed by atoms with van der Waals surface area (Å²) in [6.45, 7) is 4.57. The number of unbranched alkanes of at least 4 members (excludes halogenated alkanes) is 14. The Balaban J connectivity index is 1.73. The van der Waals surface area contributed by atoms with Crippen LogP contribution in [0.15, 0.2) is 48.5 Å². The SMILES string of the molecule is CCCCCCCCCCc1cccc(P(Cl)c2cccc(CCCCCCCCCC)c2)c1. The van der Waals surface area contributed by atoms with Gasteiger partial charge in [0.2, 0.25) is 0 Å². The Morgan fingerprint density at radius 2 is 0.853 bits per heavy atom. The van der Waals surface area contributed by atoms with Crippen LogP contribution < -0.4 is 10.6 Å². The van der Waals surface area contributed by atoms with Gasteiger partial charge in [-0.15, -0.1) is 0 Å². The van der Waals surface area contributed by atoms with E-state index in [1.165, 1.54) is 137 Å². The Bertz CT molecular complexity index is 693. The van der Waals surface area contributed by atoms with Crippen LogP contribution in [0.4, 0.5) is 0 Å². The Hall–Kier alpha value is -0.840. The van der Waals surface area contributed by atoms with Crippen molar-refractivity contribution >= 4 is 29.1 Å². The summed E-state index contributed by atoms with van der Waals surface area (Å²) in [6.07, 6.45) is 24.4. The summed E-state index contributed by atoms with van der Waals surface area (Å²) in [5, 5.41) is 2.61. The van der Waals surface area contributed by atoms with Crippen molar-refractivity contribution in [1.29, 1.82) is 0 Å². The van der Waals surface area contributed by atoms with Crippen LogP contribution in [0.3, 0.4) is 0 Å². The minimum absolute atomic E-state index is 0.792. The molecule has 0 bridgehead atoms. The third-order valence-electron chi connectivity index (χ3n) is 6.91. The molecule has 0 aliphatic carbocycles. The van der Waals surface area contributed by atoms with E-state index in [1.54, 1.807) is 0 Å². The van der Waals surface area contributed by atoms with E-state index < -0.39 is 7.27 Å². The van der Waals surface area contributed by atoms with E-state index >= 15 is 0 Å². The van der Waals surface area contributed by atoms with Gasteiger partial charge in [-0.3, -0.25) is 0 Å². The predicted octanol–water partition coefficient (Wildman–Crippen LogP) is 10.6. The van der Waals surface area contributed by atoms with Gasteiger partial charge in [0, 0.05) is 0 Å². The van der Waals surface area contributed by atoms with Crippen LogP contribution in [0.5, 0.6) is 0 Å². The van der Waals surface area contributed by atoms with Crippen molar-refractivity contribution in [3.8, 4) is 0 Å². The number of benzene rings is 2. The molecule has 2 rings (SSSR count). The van der Waals surface area contributed by atoms with Gasteiger partial charge in [-0.1, -0.05) is 151 Å². The van der Waals surface area contributed by atoms with Crippen molar-refractivity contribution in [2.45, 2.75) is 129 Å². The molecule has 0 aliphatic heterocycles. The molecular weight excluding hydrogens is 451 g/mol. The minimum Gasteiger partial charge on any atom is -0.0859 e. The Kier molecular flexibility index (Phi) is 16.7. The van der Waals surface area contributed by atoms with Gasteiger partial charge >= 0.3 is 0 Å². The lowest BCUT2D eigenvalue weighted by molar-refractivity contribution is 0.575. The fraction of sp³-hybridized carbons (Fsp3) is 0.625. The largest absolute Gasteiger partial charge is 0.0859 e. The molecule has 0 aliphatic rings. The molecule has 0 heterocycles. The molecule has 0 atom stereocenters. The van der Waals surface area contributed by atoms with E-state index in [9.17, 15) is 0 Å². The van der Waals surface area contributed by atoms with Crippen LogP contribution in [0, 0.1) is 0 Å². The fourth-order valence-electron chi connectivity index (χ4n) is 4.74. The molecule has 2 heteroatoms. The molecule has 0 amide bonds. The normalized spacial score (nSPS) is 11.4. The lowest BCUT2D eigenvalue weighted by atomic mass is 10.0. The Labute approximate surface area is 217 Å². The zero-order chi connectivity index (χ0) is 24.3. The van der Waals surface area contributed by atoms with Crippen LogP contribution in [-0.2, 0) is 12.8 Å². The highest BCUT2D eigenvalue weighted by atomic mass is 35.7. The summed E-state index contributed by atoms with van der Waals surface area (Å²) < 4.78 is 0. The van der Waals surface area contributed by atoms with Crippen molar-refractivity contribution in [3.63, 3.8) is 0 Å². The van der Waals surface area contributed by atoms with Gasteiger partial charge in [0.25, 0.3) is 0 Å². The number of aryl methyl sites for hydroxylation is 2. The summed E-state index contributed by atoms with van der Waals surface area (Å²) in [7, 11) is -0.792. The van der Waals surface area contributed by atoms with E-state index in [1.807, 2.05) is 0 Å². The molecule has 2 aromatic rings. The van der Waals surface area contributed by atoms with E-state index in [0.29, 0.717) is 0 Å². The first-order valence-electron chi connectivity index (χ1n) is 14.4. The molecule has 34 heavy (non-hydrogen) atoms. The molecule has 0 radical (unpaired) electrons. The van der Waals surface area contributed by atoms with Gasteiger partial charge in [-0.05, 0) is 59.6 Å².